The third-order valence-electron chi connectivity index (χ3n) is 3.42. The molecule has 0 fully saturated rings. The van der Waals surface area contributed by atoms with Gasteiger partial charge in [-0.1, -0.05) is 11.6 Å². The number of halogens is 1. The SMILES string of the molecule is Cc1nccn1CCN1C(=O)C(=O)c2cc(Cl)ccc21. The number of hydrogen-bond donors (Lipinski definition) is 0. The minimum absolute atomic E-state index is 0.379. The number of benzene rings is 1. The van der Waals surface area contributed by atoms with Crippen molar-refractivity contribution in [3.05, 3.63) is 47.0 Å². The first-order valence-corrected chi connectivity index (χ1v) is 6.59. The Balaban J connectivity index is 1.86. The molecule has 1 aliphatic rings. The molecule has 0 bridgehead atoms. The van der Waals surface area contributed by atoms with E-state index in [0.29, 0.717) is 29.4 Å². The number of ketones is 1. The number of rotatable bonds is 3. The molecule has 0 unspecified atom stereocenters. The van der Waals surface area contributed by atoms with Crippen LogP contribution < -0.4 is 4.90 Å². The molecule has 1 aliphatic heterocycles. The van der Waals surface area contributed by atoms with Gasteiger partial charge in [-0.3, -0.25) is 9.59 Å². The highest BCUT2D eigenvalue weighted by molar-refractivity contribution is 6.52. The third-order valence-corrected chi connectivity index (χ3v) is 3.66. The highest BCUT2D eigenvalue weighted by atomic mass is 35.5. The average Bonchev–Trinajstić information content (AvgIpc) is 2.93. The number of carbonyl (C=O) groups is 2. The Morgan fingerprint density at radius 3 is 2.75 bits per heavy atom. The molecule has 102 valence electrons. The summed E-state index contributed by atoms with van der Waals surface area (Å²) >= 11 is 5.87. The second-order valence-corrected chi connectivity index (χ2v) is 5.05. The van der Waals surface area contributed by atoms with E-state index in [-0.39, 0.29) is 0 Å². The van der Waals surface area contributed by atoms with Crippen molar-refractivity contribution in [2.24, 2.45) is 0 Å². The zero-order valence-corrected chi connectivity index (χ0v) is 11.6. The fraction of sp³-hybridized carbons (Fsp3) is 0.214. The van der Waals surface area contributed by atoms with Gasteiger partial charge in [-0.2, -0.15) is 0 Å². The summed E-state index contributed by atoms with van der Waals surface area (Å²) in [6.07, 6.45) is 3.56. The molecule has 2 aromatic rings. The van der Waals surface area contributed by atoms with Crippen LogP contribution >= 0.6 is 11.6 Å². The van der Waals surface area contributed by atoms with Gasteiger partial charge in [-0.05, 0) is 25.1 Å². The molecule has 0 saturated carbocycles. The van der Waals surface area contributed by atoms with Crippen LogP contribution in [0.2, 0.25) is 5.02 Å². The largest absolute Gasteiger partial charge is 0.333 e. The van der Waals surface area contributed by atoms with Crippen molar-refractivity contribution in [3.8, 4) is 0 Å². The standard InChI is InChI=1S/C14H12ClN3O2/c1-9-16-4-5-17(9)6-7-18-12-3-2-10(15)8-11(12)13(19)14(18)20/h2-5,8H,6-7H2,1H3. The van der Waals surface area contributed by atoms with Gasteiger partial charge in [0.05, 0.1) is 11.3 Å². The summed E-state index contributed by atoms with van der Waals surface area (Å²) < 4.78 is 1.94. The number of imidazole rings is 1. The lowest BCUT2D eigenvalue weighted by Gasteiger charge is -2.17. The van der Waals surface area contributed by atoms with E-state index >= 15 is 0 Å². The van der Waals surface area contributed by atoms with Crippen LogP contribution in [0, 0.1) is 6.92 Å². The average molecular weight is 290 g/mol. The second-order valence-electron chi connectivity index (χ2n) is 4.62. The van der Waals surface area contributed by atoms with Crippen molar-refractivity contribution in [1.29, 1.82) is 0 Å². The quantitative estimate of drug-likeness (QED) is 0.813. The maximum Gasteiger partial charge on any atom is 0.299 e. The molecule has 5 nitrogen and oxygen atoms in total. The Kier molecular flexibility index (Phi) is 3.06. The third kappa shape index (κ3) is 2.00. The van der Waals surface area contributed by atoms with E-state index < -0.39 is 11.7 Å². The number of fused-ring (bicyclic) bond motifs is 1. The van der Waals surface area contributed by atoms with Crippen molar-refractivity contribution < 1.29 is 9.59 Å². The zero-order chi connectivity index (χ0) is 14.3. The molecule has 20 heavy (non-hydrogen) atoms. The Hall–Kier alpha value is -2.14. The van der Waals surface area contributed by atoms with Gasteiger partial charge in [-0.25, -0.2) is 4.98 Å². The van der Waals surface area contributed by atoms with Crippen LogP contribution in [0.1, 0.15) is 16.2 Å². The number of Topliss-reactive ketones (excluding diaryl/α,β-unsaturated/α-hetero) is 1. The Labute approximate surface area is 120 Å². The first-order chi connectivity index (χ1) is 9.58. The molecule has 0 spiro atoms. The summed E-state index contributed by atoms with van der Waals surface area (Å²) in [5.74, 6) is -0.121. The van der Waals surface area contributed by atoms with Gasteiger partial charge in [0, 0.05) is 30.5 Å². The van der Waals surface area contributed by atoms with Crippen molar-refractivity contribution in [2.75, 3.05) is 11.4 Å². The summed E-state index contributed by atoms with van der Waals surface area (Å²) in [6, 6.07) is 4.93. The lowest BCUT2D eigenvalue weighted by Crippen LogP contribution is -2.32. The molecule has 3 rings (SSSR count). The fourth-order valence-electron chi connectivity index (χ4n) is 2.34. The molecule has 1 aromatic heterocycles. The van der Waals surface area contributed by atoms with Gasteiger partial charge in [0.25, 0.3) is 11.7 Å². The molecule has 6 heteroatoms. The number of aryl methyl sites for hydroxylation is 1. The minimum atomic E-state index is -0.500. The van der Waals surface area contributed by atoms with Gasteiger partial charge < -0.3 is 9.47 Å². The van der Waals surface area contributed by atoms with E-state index in [1.54, 1.807) is 24.4 Å². The van der Waals surface area contributed by atoms with Gasteiger partial charge in [0.15, 0.2) is 0 Å². The summed E-state index contributed by atoms with van der Waals surface area (Å²) in [4.78, 5) is 29.6. The number of aromatic nitrogens is 2. The maximum absolute atomic E-state index is 12.0. The smallest absolute Gasteiger partial charge is 0.299 e. The van der Waals surface area contributed by atoms with E-state index in [1.165, 1.54) is 4.90 Å². The topological polar surface area (TPSA) is 55.2 Å². The first kappa shape index (κ1) is 12.9. The summed E-state index contributed by atoms with van der Waals surface area (Å²) in [5.41, 5.74) is 1.01. The lowest BCUT2D eigenvalue weighted by molar-refractivity contribution is -0.114. The van der Waals surface area contributed by atoms with Gasteiger partial charge in [0.1, 0.15) is 5.82 Å². The normalized spacial score (nSPS) is 14.0. The number of carbonyl (C=O) groups excluding carboxylic acids is 2. The second kappa shape index (κ2) is 4.76. The Bertz CT molecular complexity index is 708. The molecule has 2 heterocycles. The lowest BCUT2D eigenvalue weighted by atomic mass is 10.1. The Morgan fingerprint density at radius 2 is 2.05 bits per heavy atom. The molecule has 0 aliphatic carbocycles. The van der Waals surface area contributed by atoms with Crippen LogP contribution in [0.15, 0.2) is 30.6 Å². The molecule has 0 N–H and O–H groups in total. The van der Waals surface area contributed by atoms with Gasteiger partial charge >= 0.3 is 0 Å². The van der Waals surface area contributed by atoms with E-state index in [2.05, 4.69) is 4.98 Å². The first-order valence-electron chi connectivity index (χ1n) is 6.21. The zero-order valence-electron chi connectivity index (χ0n) is 10.8. The molecule has 0 atom stereocenters. The van der Waals surface area contributed by atoms with E-state index in [4.69, 9.17) is 11.6 Å². The van der Waals surface area contributed by atoms with Crippen LogP contribution in [0.5, 0.6) is 0 Å². The molecule has 0 saturated heterocycles. The van der Waals surface area contributed by atoms with Gasteiger partial charge in [-0.15, -0.1) is 0 Å². The summed E-state index contributed by atoms with van der Waals surface area (Å²) in [5, 5.41) is 0.456. The number of anilines is 1. The van der Waals surface area contributed by atoms with Crippen LogP contribution in [-0.2, 0) is 11.3 Å². The minimum Gasteiger partial charge on any atom is -0.333 e. The van der Waals surface area contributed by atoms with Gasteiger partial charge in [0.2, 0.25) is 0 Å². The number of nitrogens with zero attached hydrogens (tertiary/aromatic N) is 3. The number of hydrogen-bond acceptors (Lipinski definition) is 3. The van der Waals surface area contributed by atoms with Crippen molar-refractivity contribution >= 4 is 29.0 Å². The highest BCUT2D eigenvalue weighted by Gasteiger charge is 2.35. The highest BCUT2D eigenvalue weighted by Crippen LogP contribution is 2.31. The fourth-order valence-corrected chi connectivity index (χ4v) is 2.51. The van der Waals surface area contributed by atoms with E-state index in [9.17, 15) is 9.59 Å². The maximum atomic E-state index is 12.0. The molecule has 0 radical (unpaired) electrons. The number of amides is 1. The van der Waals surface area contributed by atoms with Crippen LogP contribution in [0.3, 0.4) is 0 Å². The van der Waals surface area contributed by atoms with Crippen molar-refractivity contribution in [3.63, 3.8) is 0 Å². The van der Waals surface area contributed by atoms with Crippen LogP contribution in [0.4, 0.5) is 5.69 Å². The summed E-state index contributed by atoms with van der Waals surface area (Å²) in [6.45, 7) is 2.91. The predicted octanol–water partition coefficient (Wildman–Crippen LogP) is 2.07. The van der Waals surface area contributed by atoms with E-state index in [0.717, 1.165) is 5.82 Å². The molecule has 1 aromatic carbocycles. The molecule has 1 amide bonds. The molecular formula is C14H12ClN3O2. The van der Waals surface area contributed by atoms with Crippen LogP contribution in [0.25, 0.3) is 0 Å². The van der Waals surface area contributed by atoms with Crippen molar-refractivity contribution in [2.45, 2.75) is 13.5 Å². The summed E-state index contributed by atoms with van der Waals surface area (Å²) in [7, 11) is 0. The monoisotopic (exact) mass is 289 g/mol. The Morgan fingerprint density at radius 1 is 1.25 bits per heavy atom. The van der Waals surface area contributed by atoms with E-state index in [1.807, 2.05) is 17.7 Å². The van der Waals surface area contributed by atoms with Crippen molar-refractivity contribution in [1.82, 2.24) is 9.55 Å². The van der Waals surface area contributed by atoms with Crippen LogP contribution in [-0.4, -0.2) is 27.8 Å². The predicted molar refractivity (Wildman–Crippen MR) is 75.1 cm³/mol. The molecular weight excluding hydrogens is 278 g/mol.